The quantitative estimate of drug-likeness (QED) is 0.743. The molecule has 136 valence electrons. The number of carboxylic acids is 2. The van der Waals surface area contributed by atoms with Crippen LogP contribution in [0.5, 0.6) is 11.5 Å². The van der Waals surface area contributed by atoms with Gasteiger partial charge in [0.05, 0.1) is 0 Å². The van der Waals surface area contributed by atoms with Crippen LogP contribution in [0.3, 0.4) is 0 Å². The summed E-state index contributed by atoms with van der Waals surface area (Å²) in [6.45, 7) is 3.34. The van der Waals surface area contributed by atoms with Crippen molar-refractivity contribution in [2.24, 2.45) is 0 Å². The molecule has 0 aliphatic rings. The first kappa shape index (κ1) is 19.3. The van der Waals surface area contributed by atoms with Crippen LogP contribution in [0.1, 0.15) is 45.7 Å². The van der Waals surface area contributed by atoms with Gasteiger partial charge in [0.15, 0.2) is 11.5 Å². The molecule has 0 amide bonds. The van der Waals surface area contributed by atoms with Gasteiger partial charge in [0.2, 0.25) is 0 Å². The number of nitriles is 2. The first-order valence-electron chi connectivity index (χ1n) is 7.61. The first-order valence-corrected chi connectivity index (χ1v) is 7.61. The highest BCUT2D eigenvalue weighted by Gasteiger charge is 2.34. The SMILES string of the molecule is CC(C)(c1cccc(C(=O)O)c1OC#N)c1cccc(C(=O)O)c1OC#N. The maximum atomic E-state index is 11.5. The first-order chi connectivity index (χ1) is 12.8. The fraction of sp³-hybridized carbons (Fsp3) is 0.158. The van der Waals surface area contributed by atoms with Crippen LogP contribution in [0, 0.1) is 23.0 Å². The van der Waals surface area contributed by atoms with Crippen LogP contribution in [-0.4, -0.2) is 22.2 Å². The Morgan fingerprint density at radius 3 is 1.52 bits per heavy atom. The van der Waals surface area contributed by atoms with Gasteiger partial charge in [-0.1, -0.05) is 38.1 Å². The lowest BCUT2D eigenvalue weighted by Crippen LogP contribution is -2.23. The Morgan fingerprint density at radius 2 is 1.22 bits per heavy atom. The van der Waals surface area contributed by atoms with E-state index in [1.165, 1.54) is 36.8 Å². The molecule has 2 rings (SSSR count). The minimum atomic E-state index is -1.29. The third-order valence-electron chi connectivity index (χ3n) is 4.13. The summed E-state index contributed by atoms with van der Waals surface area (Å²) in [6, 6.07) is 8.66. The number of nitrogens with zero attached hydrogens (tertiary/aromatic N) is 2. The van der Waals surface area contributed by atoms with E-state index in [9.17, 15) is 19.8 Å². The number of carbonyl (C=O) groups is 2. The Labute approximate surface area is 154 Å². The van der Waals surface area contributed by atoms with E-state index in [4.69, 9.17) is 20.0 Å². The van der Waals surface area contributed by atoms with Gasteiger partial charge in [-0.15, -0.1) is 10.5 Å². The number of rotatable bonds is 6. The summed E-state index contributed by atoms with van der Waals surface area (Å²) in [5, 5.41) is 36.6. The lowest BCUT2D eigenvalue weighted by molar-refractivity contribution is 0.0683. The molecule has 0 fully saturated rings. The zero-order valence-corrected chi connectivity index (χ0v) is 14.4. The second-order valence-electron chi connectivity index (χ2n) is 5.99. The molecule has 0 saturated carbocycles. The van der Waals surface area contributed by atoms with Crippen molar-refractivity contribution in [1.82, 2.24) is 0 Å². The molecular formula is C19H14N2O6. The molecule has 8 nitrogen and oxygen atoms in total. The lowest BCUT2D eigenvalue weighted by atomic mass is 9.76. The Bertz CT molecular complexity index is 919. The van der Waals surface area contributed by atoms with Crippen LogP contribution in [0.4, 0.5) is 0 Å². The summed E-state index contributed by atoms with van der Waals surface area (Å²) in [7, 11) is 0. The molecule has 0 unspecified atom stereocenters. The minimum absolute atomic E-state index is 0.166. The van der Waals surface area contributed by atoms with E-state index < -0.39 is 17.4 Å². The van der Waals surface area contributed by atoms with Gasteiger partial charge in [-0.25, -0.2) is 9.59 Å². The Kier molecular flexibility index (Phi) is 5.33. The summed E-state index contributed by atoms with van der Waals surface area (Å²) in [6.07, 6.45) is 2.94. The van der Waals surface area contributed by atoms with Crippen LogP contribution in [0.2, 0.25) is 0 Å². The maximum Gasteiger partial charge on any atom is 0.339 e. The number of carboxylic acid groups (broad SMARTS) is 2. The molecule has 0 spiro atoms. The Hall–Kier alpha value is -4.04. The molecule has 0 aliphatic heterocycles. The van der Waals surface area contributed by atoms with Gasteiger partial charge in [-0.2, -0.15) is 0 Å². The van der Waals surface area contributed by atoms with E-state index in [1.807, 2.05) is 0 Å². The predicted molar refractivity (Wildman–Crippen MR) is 91.4 cm³/mol. The smallest absolute Gasteiger partial charge is 0.339 e. The Balaban J connectivity index is 2.82. The van der Waals surface area contributed by atoms with Gasteiger partial charge in [0.25, 0.3) is 12.5 Å². The number of para-hydroxylation sites is 2. The van der Waals surface area contributed by atoms with E-state index in [0.29, 0.717) is 11.1 Å². The molecule has 27 heavy (non-hydrogen) atoms. The van der Waals surface area contributed by atoms with Crippen LogP contribution in [0.25, 0.3) is 0 Å². The molecule has 0 heterocycles. The molecule has 0 atom stereocenters. The molecule has 0 aliphatic carbocycles. The highest BCUT2D eigenvalue weighted by Crippen LogP contribution is 2.43. The van der Waals surface area contributed by atoms with E-state index in [2.05, 4.69) is 0 Å². The van der Waals surface area contributed by atoms with Gasteiger partial charge >= 0.3 is 11.9 Å². The molecule has 0 saturated heterocycles. The zero-order valence-electron chi connectivity index (χ0n) is 14.4. The molecular weight excluding hydrogens is 352 g/mol. The normalized spacial score (nSPS) is 10.4. The van der Waals surface area contributed by atoms with Crippen LogP contribution < -0.4 is 9.47 Å². The summed E-state index contributed by atoms with van der Waals surface area (Å²) < 4.78 is 9.83. The molecule has 2 aromatic carbocycles. The van der Waals surface area contributed by atoms with Gasteiger partial charge < -0.3 is 19.7 Å². The lowest BCUT2D eigenvalue weighted by Gasteiger charge is -2.29. The van der Waals surface area contributed by atoms with E-state index in [1.54, 1.807) is 26.0 Å². The molecule has 2 N–H and O–H groups in total. The summed E-state index contributed by atoms with van der Waals surface area (Å²) in [5.41, 5.74) is -0.878. The van der Waals surface area contributed by atoms with E-state index in [0.717, 1.165) is 0 Å². The van der Waals surface area contributed by atoms with Crippen molar-refractivity contribution in [3.8, 4) is 24.0 Å². The number of benzene rings is 2. The van der Waals surface area contributed by atoms with Crippen molar-refractivity contribution in [1.29, 1.82) is 10.5 Å². The van der Waals surface area contributed by atoms with Gasteiger partial charge in [-0.05, 0) is 12.1 Å². The highest BCUT2D eigenvalue weighted by atomic mass is 16.5. The maximum absolute atomic E-state index is 11.5. The van der Waals surface area contributed by atoms with Crippen molar-refractivity contribution < 1.29 is 29.3 Å². The number of hydrogen-bond donors (Lipinski definition) is 2. The van der Waals surface area contributed by atoms with Crippen molar-refractivity contribution in [3.05, 3.63) is 58.7 Å². The topological polar surface area (TPSA) is 141 Å². The largest absolute Gasteiger partial charge is 0.478 e. The van der Waals surface area contributed by atoms with Gasteiger partial charge in [-0.3, -0.25) is 0 Å². The molecule has 0 bridgehead atoms. The number of hydrogen-bond acceptors (Lipinski definition) is 6. The van der Waals surface area contributed by atoms with Crippen LogP contribution >= 0.6 is 0 Å². The summed E-state index contributed by atoms with van der Waals surface area (Å²) in [4.78, 5) is 23.0. The van der Waals surface area contributed by atoms with E-state index >= 15 is 0 Å². The average Bonchev–Trinajstić information content (AvgIpc) is 2.62. The molecule has 0 radical (unpaired) electrons. The second-order valence-corrected chi connectivity index (χ2v) is 5.99. The Morgan fingerprint density at radius 1 is 0.852 bits per heavy atom. The number of aromatic carboxylic acids is 2. The molecule has 0 aromatic heterocycles. The molecule has 2 aromatic rings. The summed E-state index contributed by atoms with van der Waals surface area (Å²) in [5.74, 6) is -2.90. The van der Waals surface area contributed by atoms with E-state index in [-0.39, 0.29) is 22.6 Å². The van der Waals surface area contributed by atoms with Crippen molar-refractivity contribution in [2.45, 2.75) is 19.3 Å². The predicted octanol–water partition coefficient (Wildman–Crippen LogP) is 3.13. The van der Waals surface area contributed by atoms with Crippen molar-refractivity contribution in [2.75, 3.05) is 0 Å². The van der Waals surface area contributed by atoms with Gasteiger partial charge in [0, 0.05) is 16.5 Å². The zero-order chi connectivity index (χ0) is 20.2. The van der Waals surface area contributed by atoms with Crippen molar-refractivity contribution in [3.63, 3.8) is 0 Å². The standard InChI is InChI=1S/C19H14N2O6/c1-19(2,13-7-3-5-11(17(22)23)15(13)26-9-20)14-8-4-6-12(18(24)25)16(14)27-10-21/h3-8H,1-2H3,(H,22,23)(H,24,25). The fourth-order valence-corrected chi connectivity index (χ4v) is 2.85. The average molecular weight is 366 g/mol. The third-order valence-corrected chi connectivity index (χ3v) is 4.13. The van der Waals surface area contributed by atoms with Crippen LogP contribution in [0.15, 0.2) is 36.4 Å². The minimum Gasteiger partial charge on any atom is -0.478 e. The second kappa shape index (κ2) is 7.46. The van der Waals surface area contributed by atoms with Crippen LogP contribution in [-0.2, 0) is 5.41 Å². The number of ether oxygens (including phenoxy) is 2. The van der Waals surface area contributed by atoms with Gasteiger partial charge in [0.1, 0.15) is 11.1 Å². The third kappa shape index (κ3) is 3.51. The van der Waals surface area contributed by atoms with Crippen molar-refractivity contribution >= 4 is 11.9 Å². The summed E-state index contributed by atoms with van der Waals surface area (Å²) >= 11 is 0. The fourth-order valence-electron chi connectivity index (χ4n) is 2.85. The monoisotopic (exact) mass is 366 g/mol. The molecule has 8 heteroatoms. The highest BCUT2D eigenvalue weighted by molar-refractivity contribution is 5.93.